The van der Waals surface area contributed by atoms with Gasteiger partial charge in [-0.15, -0.1) is 45.3 Å². The average molecular weight is 1460 g/mol. The Bertz CT molecular complexity index is 7670. The molecule has 0 bridgehead atoms. The predicted molar refractivity (Wildman–Crippen MR) is 463 cm³/mol. The van der Waals surface area contributed by atoms with Gasteiger partial charge in [-0.25, -0.2) is 19.9 Å². The Kier molecular flexibility index (Phi) is 14.4. The first kappa shape index (κ1) is 61.9. The second kappa shape index (κ2) is 24.8. The third-order valence-electron chi connectivity index (χ3n) is 21.3. The van der Waals surface area contributed by atoms with Crippen LogP contribution in [0.25, 0.3) is 218 Å². The van der Waals surface area contributed by atoms with Gasteiger partial charge in [0, 0.05) is 89.3 Å². The second-order valence-corrected chi connectivity index (χ2v) is 31.7. The van der Waals surface area contributed by atoms with Crippen molar-refractivity contribution in [1.82, 2.24) is 29.5 Å². The van der Waals surface area contributed by atoms with Crippen LogP contribution in [0.2, 0.25) is 5.28 Å². The molecule has 16 aromatic carbocycles. The fraction of sp³-hybridized carbons (Fsp3) is 0. The summed E-state index contributed by atoms with van der Waals surface area (Å²) in [5.41, 5.74) is 15.4. The van der Waals surface area contributed by atoms with E-state index in [1.54, 1.807) is 22.7 Å². The first-order valence-electron chi connectivity index (χ1n) is 35.7. The zero-order chi connectivity index (χ0) is 70.4. The summed E-state index contributed by atoms with van der Waals surface area (Å²) in [6.07, 6.45) is 0. The van der Waals surface area contributed by atoms with Crippen molar-refractivity contribution in [3.8, 4) is 50.7 Å². The minimum absolute atomic E-state index is 0.277. The summed E-state index contributed by atoms with van der Waals surface area (Å²) >= 11 is 13.5. The zero-order valence-corrected chi connectivity index (χ0v) is 60.9. The maximum atomic E-state index is 6.31. The zero-order valence-electron chi connectivity index (χ0n) is 56.9. The first-order valence-corrected chi connectivity index (χ1v) is 39.3. The van der Waals surface area contributed by atoms with E-state index in [1.165, 1.54) is 148 Å². The molecule has 107 heavy (non-hydrogen) atoms. The van der Waals surface area contributed by atoms with Crippen molar-refractivity contribution in [2.45, 2.75) is 0 Å². The Balaban J connectivity index is 0.000000111. The highest BCUT2D eigenvalue weighted by Gasteiger charge is 2.26. The molecular weight excluding hydrogens is 1400 g/mol. The lowest BCUT2D eigenvalue weighted by atomic mass is 9.97. The molecule has 500 valence electrons. The lowest BCUT2D eigenvalue weighted by Gasteiger charge is -2.12. The monoisotopic (exact) mass is 1450 g/mol. The third kappa shape index (κ3) is 9.88. The quantitative estimate of drug-likeness (QED) is 0.174. The smallest absolute Gasteiger partial charge is 0.235 e. The number of nitrogens with one attached hydrogen (secondary N) is 1. The molecule has 0 aliphatic rings. The number of fused-ring (bicyclic) bond motifs is 28. The molecule has 0 atom stereocenters. The highest BCUT2D eigenvalue weighted by Crippen LogP contribution is 2.51. The summed E-state index contributed by atoms with van der Waals surface area (Å²) in [6.45, 7) is 0. The van der Waals surface area contributed by atoms with Crippen LogP contribution in [0.15, 0.2) is 328 Å². The summed E-state index contributed by atoms with van der Waals surface area (Å²) < 4.78 is 12.2. The van der Waals surface area contributed by atoms with Gasteiger partial charge in [-0.05, 0) is 113 Å². The minimum atomic E-state index is 0.277. The molecule has 0 saturated carbocycles. The van der Waals surface area contributed by atoms with Crippen molar-refractivity contribution in [3.05, 3.63) is 333 Å². The topological polar surface area (TPSA) is 72.3 Å². The number of halogens is 1. The molecule has 0 amide bonds. The number of benzene rings is 16. The number of hydrogen-bond acceptors (Lipinski definition) is 8. The van der Waals surface area contributed by atoms with Crippen LogP contribution in [0.1, 0.15) is 0 Å². The molecular formula is C96H55ClN6S4. The van der Waals surface area contributed by atoms with Crippen molar-refractivity contribution in [3.63, 3.8) is 0 Å². The van der Waals surface area contributed by atoms with E-state index in [2.05, 4.69) is 335 Å². The maximum Gasteiger partial charge on any atom is 0.235 e. The third-order valence-corrected chi connectivity index (χ3v) is 26.1. The number of thiophene rings is 4. The van der Waals surface area contributed by atoms with Crippen LogP contribution < -0.4 is 0 Å². The van der Waals surface area contributed by atoms with Crippen LogP contribution in [0.5, 0.6) is 0 Å². The standard InChI is InChI=1S/C48H27N3S2.C26H15ClN2S.C22H13NS/c1-2-14-31-28(12-1)13-11-20-32(31)29-24-26-30(27-25-29)43-47-44(37-19-7-10-23-40(37)53-47)50-48(49-43)51-38-21-8-5-17-35(38)41-33-15-3-4-16-34(33)42-36-18-6-9-22-39(36)52-46(42)45(41)51;27-26-28-23(25-24(29-26)21-9-3-4-11-22(21)30-25)18-14-12-17(13-15-18)20-10-5-7-16-6-1-2-8-19(16)20;1-2-8-14-13(7-1)19-15-9-3-5-11-17(15)23-21(19)22-20(14)16-10-4-6-12-18(16)24-22/h1-27H;1-15H;1-12,23H. The Hall–Kier alpha value is -12.5. The number of nitrogens with zero attached hydrogens (tertiary/aromatic N) is 5. The second-order valence-electron chi connectivity index (χ2n) is 27.2. The van der Waals surface area contributed by atoms with Gasteiger partial charge in [0.15, 0.2) is 0 Å². The van der Waals surface area contributed by atoms with E-state index in [0.29, 0.717) is 5.95 Å². The highest BCUT2D eigenvalue weighted by molar-refractivity contribution is 7.28. The number of H-pyrrole nitrogens is 1. The molecule has 24 aromatic rings. The molecule has 6 nitrogen and oxygen atoms in total. The van der Waals surface area contributed by atoms with E-state index < -0.39 is 0 Å². The maximum absolute atomic E-state index is 6.31. The molecule has 0 radical (unpaired) electrons. The van der Waals surface area contributed by atoms with E-state index >= 15 is 0 Å². The summed E-state index contributed by atoms with van der Waals surface area (Å²) in [6, 6.07) is 117. The van der Waals surface area contributed by atoms with E-state index in [4.69, 9.17) is 21.6 Å². The highest BCUT2D eigenvalue weighted by atomic mass is 35.5. The first-order chi connectivity index (χ1) is 53.0. The number of rotatable bonds is 5. The Morgan fingerprint density at radius 2 is 0.654 bits per heavy atom. The molecule has 0 fully saturated rings. The van der Waals surface area contributed by atoms with Gasteiger partial charge >= 0.3 is 0 Å². The Labute approximate surface area is 632 Å². The SMILES string of the molecule is Clc1nc(-c2ccc(-c3cccc4ccccc34)cc2)c2sc3ccccc3c2n1.c1ccc2c(-c3ccc(-c4nc(-n5c6ccccc6c6c7ccccc7c7c8ccccc8sc7c65)nc5c4sc4ccccc45)cc3)cccc2c1.c1ccc2c(c1)[nH]c1c3sc4ccccc4c3c3ccccc3c21. The molecule has 0 saturated heterocycles. The number of hydrogen-bond donors (Lipinski definition) is 1. The Morgan fingerprint density at radius 3 is 1.21 bits per heavy atom. The van der Waals surface area contributed by atoms with Gasteiger partial charge in [0.1, 0.15) is 0 Å². The molecule has 0 spiro atoms. The summed E-state index contributed by atoms with van der Waals surface area (Å²) in [5.74, 6) is 0.689. The normalized spacial score (nSPS) is 12.0. The van der Waals surface area contributed by atoms with E-state index in [0.717, 1.165) is 64.8 Å². The van der Waals surface area contributed by atoms with Crippen LogP contribution >= 0.6 is 56.9 Å². The molecule has 11 heteroatoms. The van der Waals surface area contributed by atoms with Gasteiger partial charge in [0.25, 0.3) is 0 Å². The van der Waals surface area contributed by atoms with Crippen molar-refractivity contribution < 1.29 is 0 Å². The average Bonchev–Trinajstić information content (AvgIpc) is 1.54. The van der Waals surface area contributed by atoms with E-state index in [1.807, 2.05) is 34.8 Å². The van der Waals surface area contributed by atoms with Crippen molar-refractivity contribution in [2.75, 3.05) is 0 Å². The van der Waals surface area contributed by atoms with Gasteiger partial charge in [-0.2, -0.15) is 0 Å². The van der Waals surface area contributed by atoms with Crippen molar-refractivity contribution >= 4 is 225 Å². The van der Waals surface area contributed by atoms with E-state index in [9.17, 15) is 0 Å². The molecule has 8 heterocycles. The van der Waals surface area contributed by atoms with Crippen LogP contribution in [0.4, 0.5) is 0 Å². The van der Waals surface area contributed by atoms with Crippen molar-refractivity contribution in [2.24, 2.45) is 0 Å². The van der Waals surface area contributed by atoms with Gasteiger partial charge in [-0.3, -0.25) is 4.57 Å². The van der Waals surface area contributed by atoms with Gasteiger partial charge in [0.2, 0.25) is 11.2 Å². The van der Waals surface area contributed by atoms with Gasteiger partial charge in [-0.1, -0.05) is 291 Å². The Morgan fingerprint density at radius 1 is 0.271 bits per heavy atom. The number of aromatic nitrogens is 6. The van der Waals surface area contributed by atoms with E-state index in [-0.39, 0.29) is 5.28 Å². The number of para-hydroxylation sites is 2. The molecule has 0 aliphatic heterocycles. The summed E-state index contributed by atoms with van der Waals surface area (Å²) in [4.78, 5) is 23.9. The minimum Gasteiger partial charge on any atom is -0.353 e. The largest absolute Gasteiger partial charge is 0.353 e. The fourth-order valence-electron chi connectivity index (χ4n) is 16.5. The lowest BCUT2D eigenvalue weighted by Crippen LogP contribution is -2.03. The molecule has 8 aromatic heterocycles. The van der Waals surface area contributed by atoms with Crippen LogP contribution in [0.3, 0.4) is 0 Å². The summed E-state index contributed by atoms with van der Waals surface area (Å²) in [5, 5.41) is 23.2. The predicted octanol–water partition coefficient (Wildman–Crippen LogP) is 28.8. The molecule has 1 N–H and O–H groups in total. The van der Waals surface area contributed by atoms with Gasteiger partial charge < -0.3 is 4.98 Å². The molecule has 24 rings (SSSR count). The number of aromatic amines is 1. The van der Waals surface area contributed by atoms with Crippen LogP contribution in [-0.2, 0) is 0 Å². The lowest BCUT2D eigenvalue weighted by molar-refractivity contribution is 1.02. The van der Waals surface area contributed by atoms with Gasteiger partial charge in [0.05, 0.1) is 57.8 Å². The molecule has 0 aliphatic carbocycles. The summed E-state index contributed by atoms with van der Waals surface area (Å²) in [7, 11) is 0. The molecule has 0 unspecified atom stereocenters. The van der Waals surface area contributed by atoms with Crippen molar-refractivity contribution in [1.29, 1.82) is 0 Å². The van der Waals surface area contributed by atoms with Crippen LogP contribution in [0, 0.1) is 0 Å². The van der Waals surface area contributed by atoms with Crippen LogP contribution in [-0.4, -0.2) is 29.5 Å². The fourth-order valence-corrected chi connectivity index (χ4v) is 21.5.